The third-order valence-electron chi connectivity index (χ3n) is 2.65. The molecule has 15 heavy (non-hydrogen) atoms. The lowest BCUT2D eigenvalue weighted by molar-refractivity contribution is 0.295. The first-order valence-corrected chi connectivity index (χ1v) is 6.45. The van der Waals surface area contributed by atoms with Crippen molar-refractivity contribution in [2.45, 2.75) is 25.4 Å². The lowest BCUT2D eigenvalue weighted by Gasteiger charge is -2.19. The summed E-state index contributed by atoms with van der Waals surface area (Å²) in [6, 6.07) is 0.665. The van der Waals surface area contributed by atoms with Crippen LogP contribution in [0.15, 0.2) is 6.20 Å². The van der Waals surface area contributed by atoms with Gasteiger partial charge in [0, 0.05) is 30.2 Å². The SMILES string of the molecule is CN(Cc1cnc(Cl)s1)C[C@H]1CCCN1. The molecule has 1 N–H and O–H groups in total. The van der Waals surface area contributed by atoms with E-state index in [1.807, 2.05) is 6.20 Å². The van der Waals surface area contributed by atoms with Gasteiger partial charge >= 0.3 is 0 Å². The first kappa shape index (κ1) is 11.3. The molecule has 2 heterocycles. The number of halogens is 1. The number of hydrogen-bond donors (Lipinski definition) is 1. The summed E-state index contributed by atoms with van der Waals surface area (Å²) in [5, 5.41) is 3.50. The number of likely N-dealkylation sites (N-methyl/N-ethyl adjacent to an activating group) is 1. The number of rotatable bonds is 4. The van der Waals surface area contributed by atoms with E-state index in [9.17, 15) is 0 Å². The molecule has 0 spiro atoms. The largest absolute Gasteiger partial charge is 0.313 e. The van der Waals surface area contributed by atoms with Crippen LogP contribution >= 0.6 is 22.9 Å². The maximum absolute atomic E-state index is 5.79. The Morgan fingerprint density at radius 3 is 3.20 bits per heavy atom. The summed E-state index contributed by atoms with van der Waals surface area (Å²) in [5.41, 5.74) is 0. The van der Waals surface area contributed by atoms with Crippen LogP contribution in [-0.4, -0.2) is 36.1 Å². The molecule has 0 bridgehead atoms. The Morgan fingerprint density at radius 2 is 2.60 bits per heavy atom. The maximum atomic E-state index is 5.79. The third kappa shape index (κ3) is 3.41. The minimum Gasteiger partial charge on any atom is -0.313 e. The van der Waals surface area contributed by atoms with Gasteiger partial charge in [0.15, 0.2) is 4.47 Å². The average molecular weight is 246 g/mol. The lowest BCUT2D eigenvalue weighted by Crippen LogP contribution is -2.34. The van der Waals surface area contributed by atoms with Crippen LogP contribution < -0.4 is 5.32 Å². The summed E-state index contributed by atoms with van der Waals surface area (Å²) in [6.45, 7) is 3.23. The normalized spacial score (nSPS) is 21.4. The van der Waals surface area contributed by atoms with Gasteiger partial charge in [-0.3, -0.25) is 4.90 Å². The van der Waals surface area contributed by atoms with Crippen molar-refractivity contribution in [1.82, 2.24) is 15.2 Å². The van der Waals surface area contributed by atoms with Crippen molar-refractivity contribution in [3.05, 3.63) is 15.5 Å². The minimum atomic E-state index is 0.636. The minimum absolute atomic E-state index is 0.636. The average Bonchev–Trinajstić information content (AvgIpc) is 2.77. The Balaban J connectivity index is 1.78. The third-order valence-corrected chi connectivity index (χ3v) is 3.75. The summed E-state index contributed by atoms with van der Waals surface area (Å²) in [4.78, 5) is 7.61. The molecule has 0 aliphatic carbocycles. The van der Waals surface area contributed by atoms with Gasteiger partial charge in [-0.05, 0) is 26.4 Å². The number of thiazole rings is 1. The van der Waals surface area contributed by atoms with Crippen molar-refractivity contribution in [3.63, 3.8) is 0 Å². The number of nitrogens with one attached hydrogen (secondary N) is 1. The molecule has 1 saturated heterocycles. The van der Waals surface area contributed by atoms with Crippen molar-refractivity contribution >= 4 is 22.9 Å². The van der Waals surface area contributed by atoms with E-state index in [4.69, 9.17) is 11.6 Å². The van der Waals surface area contributed by atoms with Crippen molar-refractivity contribution in [1.29, 1.82) is 0 Å². The first-order valence-electron chi connectivity index (χ1n) is 5.26. The highest BCUT2D eigenvalue weighted by atomic mass is 35.5. The molecule has 1 aliphatic rings. The fourth-order valence-corrected chi connectivity index (χ4v) is 3.03. The second kappa shape index (κ2) is 5.25. The monoisotopic (exact) mass is 245 g/mol. The van der Waals surface area contributed by atoms with Crippen LogP contribution in [0.2, 0.25) is 4.47 Å². The Kier molecular flexibility index (Phi) is 3.97. The number of aromatic nitrogens is 1. The molecule has 1 aromatic heterocycles. The van der Waals surface area contributed by atoms with Gasteiger partial charge < -0.3 is 5.32 Å². The molecule has 0 aromatic carbocycles. The number of nitrogens with zero attached hydrogens (tertiary/aromatic N) is 2. The molecule has 1 atom stereocenters. The van der Waals surface area contributed by atoms with Gasteiger partial charge in [0.2, 0.25) is 0 Å². The standard InChI is InChI=1S/C10H16ClN3S/c1-14(6-8-3-2-4-12-8)7-9-5-13-10(11)15-9/h5,8,12H,2-4,6-7H2,1H3/t8-/m1/s1. The van der Waals surface area contributed by atoms with Crippen LogP contribution in [0.25, 0.3) is 0 Å². The predicted molar refractivity (Wildman–Crippen MR) is 64.5 cm³/mol. The highest BCUT2D eigenvalue weighted by Gasteiger charge is 2.16. The molecule has 1 aromatic rings. The molecule has 3 nitrogen and oxygen atoms in total. The van der Waals surface area contributed by atoms with Gasteiger partial charge in [0.1, 0.15) is 0 Å². The first-order chi connectivity index (χ1) is 7.24. The summed E-state index contributed by atoms with van der Waals surface area (Å²) >= 11 is 7.36. The van der Waals surface area contributed by atoms with Crippen LogP contribution in [0, 0.1) is 0 Å². The van der Waals surface area contributed by atoms with Gasteiger partial charge in [-0.2, -0.15) is 0 Å². The molecule has 0 amide bonds. The van der Waals surface area contributed by atoms with Gasteiger partial charge in [0.05, 0.1) is 0 Å². The fourth-order valence-electron chi connectivity index (χ4n) is 1.98. The van der Waals surface area contributed by atoms with E-state index in [0.717, 1.165) is 13.1 Å². The molecule has 0 radical (unpaired) electrons. The van der Waals surface area contributed by atoms with E-state index in [1.165, 1.54) is 24.3 Å². The van der Waals surface area contributed by atoms with E-state index in [2.05, 4.69) is 22.2 Å². The predicted octanol–water partition coefficient (Wildman–Crippen LogP) is 1.98. The quantitative estimate of drug-likeness (QED) is 0.879. The zero-order valence-electron chi connectivity index (χ0n) is 8.87. The zero-order valence-corrected chi connectivity index (χ0v) is 10.4. The summed E-state index contributed by atoms with van der Waals surface area (Å²) in [5.74, 6) is 0. The second-order valence-corrected chi connectivity index (χ2v) is 5.77. The second-order valence-electron chi connectivity index (χ2n) is 4.07. The number of hydrogen-bond acceptors (Lipinski definition) is 4. The Morgan fingerprint density at radius 1 is 1.73 bits per heavy atom. The molecule has 84 valence electrons. The van der Waals surface area contributed by atoms with Crippen molar-refractivity contribution in [3.8, 4) is 0 Å². The molecule has 5 heteroatoms. The topological polar surface area (TPSA) is 28.2 Å². The van der Waals surface area contributed by atoms with E-state index < -0.39 is 0 Å². The van der Waals surface area contributed by atoms with Crippen LogP contribution in [0.4, 0.5) is 0 Å². The fraction of sp³-hybridized carbons (Fsp3) is 0.700. The van der Waals surface area contributed by atoms with Crippen LogP contribution in [0.5, 0.6) is 0 Å². The molecule has 1 fully saturated rings. The van der Waals surface area contributed by atoms with Crippen molar-refractivity contribution in [2.24, 2.45) is 0 Å². The zero-order chi connectivity index (χ0) is 10.7. The van der Waals surface area contributed by atoms with E-state index >= 15 is 0 Å². The van der Waals surface area contributed by atoms with Gasteiger partial charge in [-0.15, -0.1) is 11.3 Å². The maximum Gasteiger partial charge on any atom is 0.183 e. The highest BCUT2D eigenvalue weighted by Crippen LogP contribution is 2.19. The van der Waals surface area contributed by atoms with E-state index in [-0.39, 0.29) is 0 Å². The molecule has 1 aliphatic heterocycles. The highest BCUT2D eigenvalue weighted by molar-refractivity contribution is 7.15. The molecule has 2 rings (SSSR count). The molecule has 0 unspecified atom stereocenters. The van der Waals surface area contributed by atoms with Gasteiger partial charge in [0.25, 0.3) is 0 Å². The van der Waals surface area contributed by atoms with Crippen molar-refractivity contribution in [2.75, 3.05) is 20.1 Å². The van der Waals surface area contributed by atoms with Gasteiger partial charge in [-0.1, -0.05) is 11.6 Å². The Bertz CT molecular complexity index is 309. The molecular weight excluding hydrogens is 230 g/mol. The summed E-state index contributed by atoms with van der Waals surface area (Å²) in [6.07, 6.45) is 4.48. The molecular formula is C10H16ClN3S. The van der Waals surface area contributed by atoms with Crippen LogP contribution in [-0.2, 0) is 6.54 Å². The van der Waals surface area contributed by atoms with Crippen LogP contribution in [0.1, 0.15) is 17.7 Å². The van der Waals surface area contributed by atoms with E-state index in [1.54, 1.807) is 11.3 Å². The lowest BCUT2D eigenvalue weighted by atomic mass is 10.2. The van der Waals surface area contributed by atoms with Gasteiger partial charge in [-0.25, -0.2) is 4.98 Å². The Labute approximate surface area is 99.5 Å². The Hall–Kier alpha value is -0.160. The van der Waals surface area contributed by atoms with Crippen LogP contribution in [0.3, 0.4) is 0 Å². The summed E-state index contributed by atoms with van der Waals surface area (Å²) in [7, 11) is 2.15. The van der Waals surface area contributed by atoms with Crippen molar-refractivity contribution < 1.29 is 0 Å². The smallest absolute Gasteiger partial charge is 0.183 e. The molecule has 0 saturated carbocycles. The van der Waals surface area contributed by atoms with E-state index in [0.29, 0.717) is 10.5 Å². The summed E-state index contributed by atoms with van der Waals surface area (Å²) < 4.78 is 0.636.